The smallest absolute Gasteiger partial charge is 0.264 e. The molecular weight excluding hydrogens is 474 g/mol. The molecule has 0 spiro atoms. The van der Waals surface area contributed by atoms with Crippen LogP contribution in [0, 0.1) is 11.6 Å². The first-order valence-corrected chi connectivity index (χ1v) is 11.6. The molecule has 1 atom stereocenters. The zero-order chi connectivity index (χ0) is 24.3. The SMILES string of the molecule is CC(=O)N(C)Oc1ccccc1C(C)N(c1cc(F)ccc1F)S(=O)(=O)c1ccc(Cl)cc1. The largest absolute Gasteiger partial charge is 0.377 e. The quantitative estimate of drug-likeness (QED) is 0.415. The van der Waals surface area contributed by atoms with Crippen LogP contribution in [-0.2, 0) is 14.8 Å². The van der Waals surface area contributed by atoms with Crippen molar-refractivity contribution in [3.8, 4) is 5.75 Å². The molecule has 0 fully saturated rings. The molecule has 0 bridgehead atoms. The molecule has 0 N–H and O–H groups in total. The number of halogens is 3. The number of hydrogen-bond donors (Lipinski definition) is 0. The molecule has 0 radical (unpaired) electrons. The van der Waals surface area contributed by atoms with Crippen LogP contribution in [0.5, 0.6) is 5.75 Å². The summed E-state index contributed by atoms with van der Waals surface area (Å²) in [4.78, 5) is 17.0. The van der Waals surface area contributed by atoms with Gasteiger partial charge in [0.05, 0.1) is 16.6 Å². The highest BCUT2D eigenvalue weighted by Gasteiger charge is 2.34. The molecule has 33 heavy (non-hydrogen) atoms. The van der Waals surface area contributed by atoms with E-state index in [1.165, 1.54) is 45.2 Å². The average molecular weight is 495 g/mol. The molecule has 174 valence electrons. The van der Waals surface area contributed by atoms with E-state index >= 15 is 0 Å². The first-order chi connectivity index (χ1) is 15.5. The van der Waals surface area contributed by atoms with E-state index in [2.05, 4.69) is 0 Å². The Morgan fingerprint density at radius 1 is 1.03 bits per heavy atom. The van der Waals surface area contributed by atoms with Crippen molar-refractivity contribution in [2.45, 2.75) is 24.8 Å². The fourth-order valence-corrected chi connectivity index (χ4v) is 4.93. The van der Waals surface area contributed by atoms with Crippen LogP contribution >= 0.6 is 11.6 Å². The Balaban J connectivity index is 2.20. The number of carbonyl (C=O) groups excluding carboxylic acids is 1. The zero-order valence-corrected chi connectivity index (χ0v) is 19.6. The first kappa shape index (κ1) is 24.5. The van der Waals surface area contributed by atoms with Crippen LogP contribution in [0.15, 0.2) is 71.6 Å². The molecule has 3 aromatic rings. The van der Waals surface area contributed by atoms with E-state index in [1.54, 1.807) is 24.3 Å². The van der Waals surface area contributed by atoms with Gasteiger partial charge in [0.25, 0.3) is 15.9 Å². The number of para-hydroxylation sites is 1. The van der Waals surface area contributed by atoms with Crippen LogP contribution in [0.4, 0.5) is 14.5 Å². The third kappa shape index (κ3) is 5.26. The van der Waals surface area contributed by atoms with Gasteiger partial charge in [-0.25, -0.2) is 17.2 Å². The van der Waals surface area contributed by atoms with E-state index in [0.29, 0.717) is 10.6 Å². The summed E-state index contributed by atoms with van der Waals surface area (Å²) < 4.78 is 57.0. The zero-order valence-electron chi connectivity index (χ0n) is 18.0. The van der Waals surface area contributed by atoms with Crippen molar-refractivity contribution in [1.82, 2.24) is 5.06 Å². The highest BCUT2D eigenvalue weighted by molar-refractivity contribution is 7.92. The second-order valence-corrected chi connectivity index (χ2v) is 9.42. The van der Waals surface area contributed by atoms with Crippen molar-refractivity contribution >= 4 is 33.2 Å². The number of amides is 1. The average Bonchev–Trinajstić information content (AvgIpc) is 2.76. The molecule has 3 rings (SSSR count). The Bertz CT molecular complexity index is 1270. The maximum Gasteiger partial charge on any atom is 0.264 e. The Labute approximate surface area is 196 Å². The Morgan fingerprint density at radius 3 is 2.30 bits per heavy atom. The number of benzene rings is 3. The second kappa shape index (κ2) is 9.76. The van der Waals surface area contributed by atoms with E-state index in [4.69, 9.17) is 16.4 Å². The Hall–Kier alpha value is -3.17. The Morgan fingerprint density at radius 2 is 1.67 bits per heavy atom. The lowest BCUT2D eigenvalue weighted by Crippen LogP contribution is -2.35. The lowest BCUT2D eigenvalue weighted by Gasteiger charge is -2.32. The normalized spacial score (nSPS) is 12.2. The van der Waals surface area contributed by atoms with Crippen molar-refractivity contribution in [1.29, 1.82) is 0 Å². The minimum absolute atomic E-state index is 0.165. The van der Waals surface area contributed by atoms with Gasteiger partial charge in [-0.05, 0) is 49.4 Å². The number of hydroxylamine groups is 2. The summed E-state index contributed by atoms with van der Waals surface area (Å²) in [6.45, 7) is 2.80. The molecule has 0 heterocycles. The summed E-state index contributed by atoms with van der Waals surface area (Å²) in [5, 5.41) is 1.29. The molecule has 0 aliphatic carbocycles. The van der Waals surface area contributed by atoms with Crippen molar-refractivity contribution in [2.75, 3.05) is 11.4 Å². The molecular formula is C23H21ClF2N2O4S. The predicted octanol–water partition coefficient (Wildman–Crippen LogP) is 5.35. The van der Waals surface area contributed by atoms with Crippen LogP contribution in [0.2, 0.25) is 5.02 Å². The maximum atomic E-state index is 14.8. The third-order valence-electron chi connectivity index (χ3n) is 4.92. The lowest BCUT2D eigenvalue weighted by molar-refractivity contribution is -0.150. The van der Waals surface area contributed by atoms with E-state index < -0.39 is 33.4 Å². The summed E-state index contributed by atoms with van der Waals surface area (Å²) in [7, 11) is -2.99. The summed E-state index contributed by atoms with van der Waals surface area (Å²) in [6, 6.07) is 13.2. The van der Waals surface area contributed by atoms with Crippen molar-refractivity contribution in [3.05, 3.63) is 89.0 Å². The van der Waals surface area contributed by atoms with Gasteiger partial charge in [0.1, 0.15) is 11.6 Å². The van der Waals surface area contributed by atoms with Crippen molar-refractivity contribution in [3.63, 3.8) is 0 Å². The molecule has 10 heteroatoms. The molecule has 0 saturated carbocycles. The molecule has 1 amide bonds. The van der Waals surface area contributed by atoms with Gasteiger partial charge in [-0.2, -0.15) is 5.06 Å². The van der Waals surface area contributed by atoms with Crippen LogP contribution in [0.1, 0.15) is 25.5 Å². The molecule has 3 aromatic carbocycles. The number of nitrogens with zero attached hydrogens (tertiary/aromatic N) is 2. The van der Waals surface area contributed by atoms with Gasteiger partial charge in [-0.3, -0.25) is 9.10 Å². The maximum absolute atomic E-state index is 14.8. The summed E-state index contributed by atoms with van der Waals surface area (Å²) in [6.07, 6.45) is 0. The van der Waals surface area contributed by atoms with E-state index in [9.17, 15) is 22.0 Å². The van der Waals surface area contributed by atoms with E-state index in [-0.39, 0.29) is 16.6 Å². The minimum Gasteiger partial charge on any atom is -0.377 e. The monoisotopic (exact) mass is 494 g/mol. The van der Waals surface area contributed by atoms with Crippen LogP contribution in [0.3, 0.4) is 0 Å². The first-order valence-electron chi connectivity index (χ1n) is 9.78. The summed E-state index contributed by atoms with van der Waals surface area (Å²) in [5.74, 6) is -1.95. The lowest BCUT2D eigenvalue weighted by atomic mass is 10.1. The predicted molar refractivity (Wildman–Crippen MR) is 121 cm³/mol. The van der Waals surface area contributed by atoms with Gasteiger partial charge in [-0.1, -0.05) is 29.8 Å². The van der Waals surface area contributed by atoms with E-state index in [1.807, 2.05) is 0 Å². The number of rotatable bonds is 7. The number of carbonyl (C=O) groups is 1. The van der Waals surface area contributed by atoms with Gasteiger partial charge in [0.15, 0.2) is 5.75 Å². The fourth-order valence-electron chi connectivity index (χ4n) is 3.17. The minimum atomic E-state index is -4.39. The van der Waals surface area contributed by atoms with Crippen molar-refractivity contribution in [2.24, 2.45) is 0 Å². The second-order valence-electron chi connectivity index (χ2n) is 7.17. The van der Waals surface area contributed by atoms with Crippen LogP contribution < -0.4 is 9.14 Å². The number of hydrogen-bond acceptors (Lipinski definition) is 4. The van der Waals surface area contributed by atoms with Gasteiger partial charge >= 0.3 is 0 Å². The summed E-state index contributed by atoms with van der Waals surface area (Å²) >= 11 is 5.89. The molecule has 0 saturated heterocycles. The van der Waals surface area contributed by atoms with Crippen molar-refractivity contribution < 1.29 is 26.8 Å². The van der Waals surface area contributed by atoms with Crippen LogP contribution in [0.25, 0.3) is 0 Å². The molecule has 1 unspecified atom stereocenters. The van der Waals surface area contributed by atoms with E-state index in [0.717, 1.165) is 27.6 Å². The topological polar surface area (TPSA) is 66.9 Å². The van der Waals surface area contributed by atoms with Gasteiger partial charge in [0, 0.05) is 30.6 Å². The Kier molecular flexibility index (Phi) is 7.24. The van der Waals surface area contributed by atoms with Gasteiger partial charge in [-0.15, -0.1) is 0 Å². The van der Waals surface area contributed by atoms with Gasteiger partial charge in [0.2, 0.25) is 0 Å². The van der Waals surface area contributed by atoms with Crippen LogP contribution in [-0.4, -0.2) is 26.4 Å². The van der Waals surface area contributed by atoms with Gasteiger partial charge < -0.3 is 4.84 Å². The number of sulfonamides is 1. The highest BCUT2D eigenvalue weighted by Crippen LogP contribution is 2.38. The molecule has 6 nitrogen and oxygen atoms in total. The number of anilines is 1. The third-order valence-corrected chi connectivity index (χ3v) is 7.07. The summed E-state index contributed by atoms with van der Waals surface area (Å²) in [5.41, 5.74) is -0.154. The fraction of sp³-hybridized carbons (Fsp3) is 0.174. The standard InChI is InChI=1S/C23H21ClF2N2O4S/c1-15(20-6-4-5-7-23(20)32-27(3)16(2)29)28(22-14-18(25)10-13-21(22)26)33(30,31)19-11-8-17(24)9-12-19/h4-15H,1-3H3. The molecule has 0 aliphatic rings. The molecule has 0 aliphatic heterocycles. The molecule has 0 aromatic heterocycles. The highest BCUT2D eigenvalue weighted by atomic mass is 35.5.